The van der Waals surface area contributed by atoms with Gasteiger partial charge in [0.15, 0.2) is 22.5 Å². The van der Waals surface area contributed by atoms with Crippen LogP contribution in [0.5, 0.6) is 11.5 Å². The number of anilines is 1. The lowest BCUT2D eigenvalue weighted by molar-refractivity contribution is 0.172. The third kappa shape index (κ3) is 1.71. The van der Waals surface area contributed by atoms with Gasteiger partial charge in [-0.1, -0.05) is 11.6 Å². The molecule has 0 saturated heterocycles. The van der Waals surface area contributed by atoms with Gasteiger partial charge in [0.2, 0.25) is 0 Å². The Balaban J connectivity index is 2.23. The van der Waals surface area contributed by atoms with Crippen molar-refractivity contribution in [3.8, 4) is 11.5 Å². The number of nitrogens with one attached hydrogen (secondary N) is 1. The van der Waals surface area contributed by atoms with Crippen LogP contribution in [0.2, 0.25) is 5.15 Å². The van der Waals surface area contributed by atoms with E-state index >= 15 is 0 Å². The predicted molar refractivity (Wildman–Crippen MR) is 63.3 cm³/mol. The normalized spacial score (nSPS) is 13.8. The molecule has 0 amide bonds. The van der Waals surface area contributed by atoms with Gasteiger partial charge in [0, 0.05) is 12.1 Å². The molecule has 0 fully saturated rings. The highest BCUT2D eigenvalue weighted by molar-refractivity contribution is 6.32. The van der Waals surface area contributed by atoms with Crippen LogP contribution in [0.25, 0.3) is 11.0 Å². The van der Waals surface area contributed by atoms with Gasteiger partial charge < -0.3 is 14.9 Å². The summed E-state index contributed by atoms with van der Waals surface area (Å²) < 4.78 is 10.9. The molecule has 17 heavy (non-hydrogen) atoms. The lowest BCUT2D eigenvalue weighted by Gasteiger charge is -2.18. The van der Waals surface area contributed by atoms with E-state index in [1.54, 1.807) is 12.1 Å². The summed E-state index contributed by atoms with van der Waals surface area (Å²) in [5, 5.41) is 0.219. The van der Waals surface area contributed by atoms with Crippen LogP contribution < -0.4 is 20.7 Å². The number of nitrogen functional groups attached to an aromatic ring is 1. The van der Waals surface area contributed by atoms with Crippen molar-refractivity contribution in [3.63, 3.8) is 0 Å². The lowest BCUT2D eigenvalue weighted by atomic mass is 10.2. The molecular formula is C10H9ClN4O2. The van der Waals surface area contributed by atoms with Gasteiger partial charge in [0.05, 0.1) is 11.0 Å². The van der Waals surface area contributed by atoms with Crippen LogP contribution in [0.4, 0.5) is 5.82 Å². The van der Waals surface area contributed by atoms with Crippen LogP contribution in [0, 0.1) is 0 Å². The van der Waals surface area contributed by atoms with Crippen LogP contribution in [0.1, 0.15) is 0 Å². The van der Waals surface area contributed by atoms with E-state index in [0.717, 1.165) is 0 Å². The maximum atomic E-state index is 5.90. The number of aromatic nitrogens is 2. The van der Waals surface area contributed by atoms with Crippen LogP contribution >= 0.6 is 11.6 Å². The summed E-state index contributed by atoms with van der Waals surface area (Å²) in [4.78, 5) is 8.41. The molecule has 88 valence electrons. The largest absolute Gasteiger partial charge is 0.486 e. The fourth-order valence-electron chi connectivity index (χ4n) is 1.66. The molecule has 0 radical (unpaired) electrons. The maximum Gasteiger partial charge on any atom is 0.178 e. The van der Waals surface area contributed by atoms with Crippen LogP contribution in [0.3, 0.4) is 0 Å². The fourth-order valence-corrected chi connectivity index (χ4v) is 1.85. The molecule has 1 aromatic carbocycles. The van der Waals surface area contributed by atoms with Crippen LogP contribution in [-0.2, 0) is 0 Å². The third-order valence-corrected chi connectivity index (χ3v) is 2.69. The number of rotatable bonds is 1. The van der Waals surface area contributed by atoms with Crippen molar-refractivity contribution in [2.75, 3.05) is 18.6 Å². The molecule has 1 aromatic heterocycles. The first-order chi connectivity index (χ1) is 8.28. The average Bonchev–Trinajstić information content (AvgIpc) is 2.35. The molecule has 0 atom stereocenters. The van der Waals surface area contributed by atoms with Crippen LogP contribution in [0.15, 0.2) is 12.1 Å². The molecule has 2 heterocycles. The molecule has 0 saturated carbocycles. The van der Waals surface area contributed by atoms with Gasteiger partial charge in [-0.05, 0) is 0 Å². The zero-order valence-corrected chi connectivity index (χ0v) is 9.49. The Kier molecular flexibility index (Phi) is 2.38. The minimum Gasteiger partial charge on any atom is -0.486 e. The lowest BCUT2D eigenvalue weighted by Crippen LogP contribution is -2.15. The highest BCUT2D eigenvalue weighted by atomic mass is 35.5. The minimum atomic E-state index is 0.219. The zero-order valence-electron chi connectivity index (χ0n) is 8.74. The Bertz CT molecular complexity index is 590. The number of hydrogen-bond donors (Lipinski definition) is 2. The van der Waals surface area contributed by atoms with Crippen molar-refractivity contribution < 1.29 is 9.47 Å². The first kappa shape index (κ1) is 10.4. The number of hydrazine groups is 1. The summed E-state index contributed by atoms with van der Waals surface area (Å²) in [6, 6.07) is 3.51. The van der Waals surface area contributed by atoms with E-state index in [2.05, 4.69) is 15.4 Å². The highest BCUT2D eigenvalue weighted by Crippen LogP contribution is 2.34. The van der Waals surface area contributed by atoms with Crippen molar-refractivity contribution in [1.29, 1.82) is 0 Å². The van der Waals surface area contributed by atoms with Crippen molar-refractivity contribution in [3.05, 3.63) is 17.3 Å². The van der Waals surface area contributed by atoms with E-state index in [4.69, 9.17) is 26.9 Å². The molecule has 1 aliphatic rings. The van der Waals surface area contributed by atoms with Gasteiger partial charge in [0.1, 0.15) is 13.2 Å². The molecule has 0 unspecified atom stereocenters. The number of benzene rings is 1. The van der Waals surface area contributed by atoms with Crippen molar-refractivity contribution in [2.24, 2.45) is 5.84 Å². The fraction of sp³-hybridized carbons (Fsp3) is 0.200. The topological polar surface area (TPSA) is 82.3 Å². The predicted octanol–water partition coefficient (Wildman–Crippen LogP) is 1.34. The number of hydrogen-bond acceptors (Lipinski definition) is 6. The number of fused-ring (bicyclic) bond motifs is 2. The Morgan fingerprint density at radius 2 is 1.71 bits per heavy atom. The summed E-state index contributed by atoms with van der Waals surface area (Å²) in [5.74, 6) is 6.93. The summed E-state index contributed by atoms with van der Waals surface area (Å²) in [7, 11) is 0. The van der Waals surface area contributed by atoms with Gasteiger partial charge in [-0.2, -0.15) is 0 Å². The molecular weight excluding hydrogens is 244 g/mol. The van der Waals surface area contributed by atoms with E-state index < -0.39 is 0 Å². The molecule has 3 rings (SSSR count). The summed E-state index contributed by atoms with van der Waals surface area (Å²) in [6.45, 7) is 1.06. The summed E-state index contributed by atoms with van der Waals surface area (Å²) in [6.07, 6.45) is 0. The Labute approximate surface area is 102 Å². The Morgan fingerprint density at radius 1 is 1.12 bits per heavy atom. The van der Waals surface area contributed by atoms with Gasteiger partial charge in [-0.25, -0.2) is 15.8 Å². The summed E-state index contributed by atoms with van der Waals surface area (Å²) in [5.41, 5.74) is 3.67. The van der Waals surface area contributed by atoms with Crippen molar-refractivity contribution in [1.82, 2.24) is 9.97 Å². The number of ether oxygens (including phenoxy) is 2. The summed E-state index contributed by atoms with van der Waals surface area (Å²) >= 11 is 5.90. The molecule has 0 aliphatic carbocycles. The molecule has 0 spiro atoms. The standard InChI is InChI=1S/C10H9ClN4O2/c11-9-10(15-12)14-6-4-8-7(3-5(6)13-9)16-1-2-17-8/h3-4H,1-2,12H2,(H,14,15). The molecule has 7 heteroatoms. The van der Waals surface area contributed by atoms with Gasteiger partial charge in [-0.3, -0.25) is 0 Å². The Morgan fingerprint density at radius 3 is 2.29 bits per heavy atom. The van der Waals surface area contributed by atoms with Crippen molar-refractivity contribution in [2.45, 2.75) is 0 Å². The Hall–Kier alpha value is -1.79. The third-order valence-electron chi connectivity index (χ3n) is 2.42. The van der Waals surface area contributed by atoms with Gasteiger partial charge >= 0.3 is 0 Å². The second-order valence-electron chi connectivity index (χ2n) is 3.49. The number of nitrogens with zero attached hydrogens (tertiary/aromatic N) is 2. The van der Waals surface area contributed by atoms with Gasteiger partial charge in [-0.15, -0.1) is 0 Å². The first-order valence-electron chi connectivity index (χ1n) is 5.01. The van der Waals surface area contributed by atoms with E-state index in [9.17, 15) is 0 Å². The van der Waals surface area contributed by atoms with E-state index in [1.165, 1.54) is 0 Å². The van der Waals surface area contributed by atoms with E-state index in [0.29, 0.717) is 41.6 Å². The van der Waals surface area contributed by atoms with E-state index in [-0.39, 0.29) is 5.15 Å². The zero-order chi connectivity index (χ0) is 11.8. The second-order valence-corrected chi connectivity index (χ2v) is 3.85. The molecule has 2 aromatic rings. The minimum absolute atomic E-state index is 0.219. The average molecular weight is 253 g/mol. The van der Waals surface area contributed by atoms with Crippen molar-refractivity contribution >= 4 is 28.5 Å². The van der Waals surface area contributed by atoms with Gasteiger partial charge in [0.25, 0.3) is 0 Å². The van der Waals surface area contributed by atoms with E-state index in [1.807, 2.05) is 0 Å². The quantitative estimate of drug-likeness (QED) is 0.589. The number of halogens is 1. The monoisotopic (exact) mass is 252 g/mol. The van der Waals surface area contributed by atoms with Crippen LogP contribution in [-0.4, -0.2) is 23.2 Å². The molecule has 0 bridgehead atoms. The highest BCUT2D eigenvalue weighted by Gasteiger charge is 2.15. The first-order valence-corrected chi connectivity index (χ1v) is 5.39. The SMILES string of the molecule is NNc1nc2cc3c(cc2nc1Cl)OCCO3. The molecule has 6 nitrogen and oxygen atoms in total. The smallest absolute Gasteiger partial charge is 0.178 e. The second kappa shape index (κ2) is 3.90. The molecule has 1 aliphatic heterocycles. The number of nitrogens with two attached hydrogens (primary N) is 1. The molecule has 3 N–H and O–H groups in total. The maximum absolute atomic E-state index is 5.90.